The van der Waals surface area contributed by atoms with E-state index >= 15 is 0 Å². The average Bonchev–Trinajstić information content (AvgIpc) is 2.46. The molecule has 2 fully saturated rings. The van der Waals surface area contributed by atoms with E-state index in [1.54, 1.807) is 10.0 Å². The molecule has 1 spiro atoms. The van der Waals surface area contributed by atoms with Crippen molar-refractivity contribution < 1.29 is 21.2 Å². The Morgan fingerprint density at radius 1 is 1.27 bits per heavy atom. The number of hydrogen-bond donors (Lipinski definition) is 0. The van der Waals surface area contributed by atoms with Gasteiger partial charge in [0.05, 0.1) is 0 Å². The topological polar surface area (TPSA) is 0 Å². The SMILES string of the molecule is C=C1CC[I-]CC12CCCC2. The first-order valence-electron chi connectivity index (χ1n) is 4.55. The van der Waals surface area contributed by atoms with Crippen LogP contribution in [0.15, 0.2) is 12.2 Å². The predicted octanol–water partition coefficient (Wildman–Crippen LogP) is -0.404. The zero-order chi connectivity index (χ0) is 7.73. The van der Waals surface area contributed by atoms with Gasteiger partial charge in [-0.25, -0.2) is 0 Å². The van der Waals surface area contributed by atoms with Crippen molar-refractivity contribution in [3.05, 3.63) is 12.2 Å². The van der Waals surface area contributed by atoms with Crippen LogP contribution >= 0.6 is 0 Å². The van der Waals surface area contributed by atoms with E-state index in [1.165, 1.54) is 36.5 Å². The molecule has 1 saturated carbocycles. The van der Waals surface area contributed by atoms with E-state index in [1.807, 2.05) is 0 Å². The van der Waals surface area contributed by atoms with E-state index in [-0.39, 0.29) is 0 Å². The number of allylic oxidation sites excluding steroid dienone is 1. The molecule has 0 aromatic heterocycles. The molecule has 0 N–H and O–H groups in total. The average molecular weight is 263 g/mol. The second-order valence-corrected chi connectivity index (χ2v) is 6.77. The van der Waals surface area contributed by atoms with E-state index in [2.05, 4.69) is 6.58 Å². The minimum absolute atomic E-state index is 0.564. The van der Waals surface area contributed by atoms with Crippen molar-refractivity contribution in [2.75, 3.05) is 8.86 Å². The zero-order valence-corrected chi connectivity index (χ0v) is 9.19. The van der Waals surface area contributed by atoms with Crippen LogP contribution in [0.25, 0.3) is 0 Å². The molecule has 0 aromatic carbocycles. The molecule has 0 bridgehead atoms. The molecule has 0 amide bonds. The first-order valence-corrected chi connectivity index (χ1v) is 7.60. The van der Waals surface area contributed by atoms with Gasteiger partial charge in [-0.1, -0.05) is 0 Å². The molecule has 1 heteroatoms. The molecule has 0 aromatic rings. The summed E-state index contributed by atoms with van der Waals surface area (Å²) in [5.74, 6) is 0. The molecule has 1 aliphatic heterocycles. The van der Waals surface area contributed by atoms with Crippen molar-refractivity contribution in [1.29, 1.82) is 0 Å². The standard InChI is InChI=1S/C10H16I/c1-9-4-7-11-8-10(9)5-2-3-6-10/h1-8H2/q-1. The maximum atomic E-state index is 4.27. The Morgan fingerprint density at radius 2 is 2.00 bits per heavy atom. The number of halogens is 1. The van der Waals surface area contributed by atoms with Crippen molar-refractivity contribution in [2.45, 2.75) is 32.1 Å². The Bertz CT molecular complexity index is 166. The Kier molecular flexibility index (Phi) is 2.26. The van der Waals surface area contributed by atoms with Crippen LogP contribution in [-0.4, -0.2) is 8.86 Å². The van der Waals surface area contributed by atoms with Gasteiger partial charge in [-0.05, 0) is 0 Å². The van der Waals surface area contributed by atoms with Crippen LogP contribution in [0.1, 0.15) is 32.1 Å². The molecule has 0 atom stereocenters. The fraction of sp³-hybridized carbons (Fsp3) is 0.800. The van der Waals surface area contributed by atoms with Gasteiger partial charge in [-0.3, -0.25) is 0 Å². The van der Waals surface area contributed by atoms with Crippen molar-refractivity contribution in [1.82, 2.24) is 0 Å². The molecule has 0 radical (unpaired) electrons. The summed E-state index contributed by atoms with van der Waals surface area (Å²) >= 11 is 0.564. The van der Waals surface area contributed by atoms with Crippen LogP contribution in [-0.2, 0) is 0 Å². The first-order chi connectivity index (χ1) is 5.33. The summed E-state index contributed by atoms with van der Waals surface area (Å²) in [6.45, 7) is 4.27. The van der Waals surface area contributed by atoms with Crippen LogP contribution in [0.4, 0.5) is 0 Å². The normalized spacial score (nSPS) is 30.4. The summed E-state index contributed by atoms with van der Waals surface area (Å²) in [6.07, 6.45) is 7.27. The molecule has 0 nitrogen and oxygen atoms in total. The fourth-order valence-electron chi connectivity index (χ4n) is 2.33. The van der Waals surface area contributed by atoms with Crippen molar-refractivity contribution in [2.24, 2.45) is 5.41 Å². The van der Waals surface area contributed by atoms with Crippen LogP contribution in [0, 0.1) is 5.41 Å². The Balaban J connectivity index is 2.13. The van der Waals surface area contributed by atoms with Gasteiger partial charge in [0.15, 0.2) is 0 Å². The maximum absolute atomic E-state index is 4.27. The van der Waals surface area contributed by atoms with Gasteiger partial charge in [0.1, 0.15) is 0 Å². The van der Waals surface area contributed by atoms with Crippen LogP contribution in [0.3, 0.4) is 0 Å². The quantitative estimate of drug-likeness (QED) is 0.317. The summed E-state index contributed by atoms with van der Waals surface area (Å²) in [5, 5.41) is 0. The van der Waals surface area contributed by atoms with E-state index in [0.29, 0.717) is 26.6 Å². The Morgan fingerprint density at radius 3 is 2.64 bits per heavy atom. The first kappa shape index (κ1) is 8.09. The third-order valence-electron chi connectivity index (χ3n) is 3.19. The molecule has 0 unspecified atom stereocenters. The molecule has 1 heterocycles. The number of alkyl halides is 2. The van der Waals surface area contributed by atoms with Gasteiger partial charge in [-0.15, -0.1) is 0 Å². The zero-order valence-electron chi connectivity index (χ0n) is 7.03. The second kappa shape index (κ2) is 3.08. The van der Waals surface area contributed by atoms with Crippen LogP contribution < -0.4 is 21.2 Å². The predicted molar refractivity (Wildman–Crippen MR) is 44.4 cm³/mol. The van der Waals surface area contributed by atoms with Gasteiger partial charge in [-0.2, -0.15) is 0 Å². The Hall–Kier alpha value is 0.470. The molecule has 2 aliphatic rings. The second-order valence-electron chi connectivity index (χ2n) is 3.85. The fourth-order valence-corrected chi connectivity index (χ4v) is 6.08. The summed E-state index contributed by atoms with van der Waals surface area (Å²) < 4.78 is 3.07. The van der Waals surface area contributed by atoms with Crippen molar-refractivity contribution in [3.63, 3.8) is 0 Å². The van der Waals surface area contributed by atoms with E-state index in [0.717, 1.165) is 0 Å². The molecular formula is C10H16I-. The van der Waals surface area contributed by atoms with Gasteiger partial charge in [0.2, 0.25) is 0 Å². The van der Waals surface area contributed by atoms with E-state index < -0.39 is 0 Å². The Labute approximate surface area is 79.7 Å². The molecule has 1 aliphatic carbocycles. The van der Waals surface area contributed by atoms with Gasteiger partial charge >= 0.3 is 79.7 Å². The van der Waals surface area contributed by atoms with E-state index in [9.17, 15) is 0 Å². The van der Waals surface area contributed by atoms with Crippen LogP contribution in [0.2, 0.25) is 0 Å². The number of rotatable bonds is 0. The van der Waals surface area contributed by atoms with E-state index in [4.69, 9.17) is 0 Å². The molecule has 64 valence electrons. The minimum atomic E-state index is 0.564. The van der Waals surface area contributed by atoms with Crippen molar-refractivity contribution in [3.8, 4) is 0 Å². The monoisotopic (exact) mass is 263 g/mol. The van der Waals surface area contributed by atoms with Crippen LogP contribution in [0.5, 0.6) is 0 Å². The molecule has 2 rings (SSSR count). The van der Waals surface area contributed by atoms with Gasteiger partial charge < -0.3 is 0 Å². The third kappa shape index (κ3) is 1.36. The summed E-state index contributed by atoms with van der Waals surface area (Å²) in [4.78, 5) is 0. The molecule has 1 saturated heterocycles. The number of hydrogen-bond acceptors (Lipinski definition) is 0. The third-order valence-corrected chi connectivity index (χ3v) is 6.49. The van der Waals surface area contributed by atoms with Gasteiger partial charge in [0, 0.05) is 0 Å². The summed E-state index contributed by atoms with van der Waals surface area (Å²) in [5.41, 5.74) is 2.30. The summed E-state index contributed by atoms with van der Waals surface area (Å²) in [7, 11) is 0. The van der Waals surface area contributed by atoms with Crippen molar-refractivity contribution >= 4 is 0 Å². The molecule has 11 heavy (non-hydrogen) atoms. The summed E-state index contributed by atoms with van der Waals surface area (Å²) in [6, 6.07) is 0. The van der Waals surface area contributed by atoms with Gasteiger partial charge in [0.25, 0.3) is 0 Å². The molecular weight excluding hydrogens is 247 g/mol.